The molecule has 2 aromatic rings. The minimum atomic E-state index is -0.265. The lowest BCUT2D eigenvalue weighted by Gasteiger charge is -2.14. The van der Waals surface area contributed by atoms with Gasteiger partial charge >= 0.3 is 0 Å². The number of rotatable bonds is 3. The van der Waals surface area contributed by atoms with Crippen molar-refractivity contribution in [3.8, 4) is 5.75 Å². The van der Waals surface area contributed by atoms with Gasteiger partial charge in [-0.2, -0.15) is 0 Å². The molecule has 0 aliphatic heterocycles. The number of benzene rings is 1. The van der Waals surface area contributed by atoms with Gasteiger partial charge in [-0.3, -0.25) is 9.78 Å². The van der Waals surface area contributed by atoms with Crippen LogP contribution in [-0.2, 0) is 0 Å². The summed E-state index contributed by atoms with van der Waals surface area (Å²) in [6, 6.07) is 8.99. The van der Waals surface area contributed by atoms with Crippen LogP contribution in [0.25, 0.3) is 0 Å². The number of hydrogen-bond donors (Lipinski definition) is 2. The maximum atomic E-state index is 12.0. The number of nitrogens with zero attached hydrogens (tertiary/aromatic N) is 1. The summed E-state index contributed by atoms with van der Waals surface area (Å²) in [4.78, 5) is 15.8. The van der Waals surface area contributed by atoms with Gasteiger partial charge in [-0.1, -0.05) is 28.1 Å². The molecule has 1 atom stereocenters. The van der Waals surface area contributed by atoms with E-state index in [9.17, 15) is 9.90 Å². The molecule has 0 radical (unpaired) electrons. The van der Waals surface area contributed by atoms with Gasteiger partial charge in [0.1, 0.15) is 5.75 Å². The molecule has 4 nitrogen and oxygen atoms in total. The van der Waals surface area contributed by atoms with E-state index < -0.39 is 0 Å². The van der Waals surface area contributed by atoms with Crippen molar-refractivity contribution in [1.29, 1.82) is 0 Å². The number of aromatic hydroxyl groups is 1. The first-order valence-corrected chi connectivity index (χ1v) is 6.56. The predicted molar refractivity (Wildman–Crippen MR) is 75.9 cm³/mol. The summed E-state index contributed by atoms with van der Waals surface area (Å²) in [6.45, 7) is 1.90. The van der Waals surface area contributed by atoms with E-state index in [-0.39, 0.29) is 17.7 Å². The van der Waals surface area contributed by atoms with Crippen molar-refractivity contribution in [1.82, 2.24) is 10.3 Å². The van der Waals surface area contributed by atoms with Crippen molar-refractivity contribution >= 4 is 21.8 Å². The molecule has 1 aromatic heterocycles. The maximum absolute atomic E-state index is 12.0. The number of carbonyl (C=O) groups excluding carboxylic acids is 1. The van der Waals surface area contributed by atoms with Gasteiger partial charge in [0.25, 0.3) is 5.91 Å². The third kappa shape index (κ3) is 3.54. The molecule has 0 aliphatic carbocycles. The first-order valence-electron chi connectivity index (χ1n) is 5.76. The third-order valence-electron chi connectivity index (χ3n) is 2.70. The minimum Gasteiger partial charge on any atom is -0.506 e. The molecule has 98 valence electrons. The lowest BCUT2D eigenvalue weighted by Crippen LogP contribution is -2.26. The van der Waals surface area contributed by atoms with Gasteiger partial charge < -0.3 is 10.4 Å². The van der Waals surface area contributed by atoms with E-state index >= 15 is 0 Å². The van der Waals surface area contributed by atoms with Gasteiger partial charge in [0.15, 0.2) is 0 Å². The average Bonchev–Trinajstić information content (AvgIpc) is 2.39. The molecule has 19 heavy (non-hydrogen) atoms. The van der Waals surface area contributed by atoms with Crippen molar-refractivity contribution in [3.05, 3.63) is 58.3 Å². The zero-order chi connectivity index (χ0) is 13.8. The summed E-state index contributed by atoms with van der Waals surface area (Å²) >= 11 is 3.37. The quantitative estimate of drug-likeness (QED) is 0.913. The van der Waals surface area contributed by atoms with E-state index in [1.807, 2.05) is 31.2 Å². The predicted octanol–water partition coefficient (Wildman–Crippen LogP) is 3.04. The number of hydrogen-bond acceptors (Lipinski definition) is 3. The monoisotopic (exact) mass is 320 g/mol. The number of nitrogens with one attached hydrogen (secondary N) is 1. The summed E-state index contributed by atoms with van der Waals surface area (Å²) in [7, 11) is 0. The summed E-state index contributed by atoms with van der Waals surface area (Å²) in [5.74, 6) is -0.289. The van der Waals surface area contributed by atoms with Crippen LogP contribution in [0, 0.1) is 0 Å². The van der Waals surface area contributed by atoms with Crippen LogP contribution in [0.4, 0.5) is 0 Å². The van der Waals surface area contributed by atoms with E-state index in [0.29, 0.717) is 5.56 Å². The SMILES string of the molecule is C[C@H](NC(=O)c1cncc(O)c1)c1ccc(Br)cc1. The Morgan fingerprint density at radius 2 is 2.00 bits per heavy atom. The Morgan fingerprint density at radius 3 is 2.63 bits per heavy atom. The Balaban J connectivity index is 2.08. The highest BCUT2D eigenvalue weighted by atomic mass is 79.9. The molecule has 0 aliphatic rings. The van der Waals surface area contributed by atoms with Crippen LogP contribution < -0.4 is 5.32 Å². The average molecular weight is 321 g/mol. The molecule has 0 bridgehead atoms. The first-order chi connectivity index (χ1) is 9.06. The van der Waals surface area contributed by atoms with Crippen LogP contribution in [0.15, 0.2) is 47.2 Å². The van der Waals surface area contributed by atoms with Crippen molar-refractivity contribution in [2.75, 3.05) is 0 Å². The second kappa shape index (κ2) is 5.84. The van der Waals surface area contributed by atoms with Crippen molar-refractivity contribution < 1.29 is 9.90 Å². The number of halogens is 1. The van der Waals surface area contributed by atoms with Gasteiger partial charge in [-0.25, -0.2) is 0 Å². The smallest absolute Gasteiger partial charge is 0.253 e. The number of carbonyl (C=O) groups is 1. The van der Waals surface area contributed by atoms with Crippen LogP contribution in [-0.4, -0.2) is 16.0 Å². The van der Waals surface area contributed by atoms with E-state index in [1.165, 1.54) is 18.5 Å². The molecule has 2 N–H and O–H groups in total. The van der Waals surface area contributed by atoms with Gasteiger partial charge in [-0.05, 0) is 30.7 Å². The Kier molecular flexibility index (Phi) is 4.16. The molecule has 0 saturated carbocycles. The normalized spacial score (nSPS) is 11.9. The van der Waals surface area contributed by atoms with Crippen LogP contribution in [0.1, 0.15) is 28.9 Å². The van der Waals surface area contributed by atoms with E-state index in [4.69, 9.17) is 0 Å². The number of aromatic nitrogens is 1. The van der Waals surface area contributed by atoms with E-state index in [0.717, 1.165) is 10.0 Å². The van der Waals surface area contributed by atoms with Gasteiger partial charge in [0, 0.05) is 10.7 Å². The molecule has 0 unspecified atom stereocenters. The fourth-order valence-corrected chi connectivity index (χ4v) is 1.93. The molecule has 1 aromatic carbocycles. The molecule has 0 fully saturated rings. The van der Waals surface area contributed by atoms with Crippen molar-refractivity contribution in [2.45, 2.75) is 13.0 Å². The van der Waals surface area contributed by atoms with Crippen molar-refractivity contribution in [3.63, 3.8) is 0 Å². The molecule has 5 heteroatoms. The van der Waals surface area contributed by atoms with E-state index in [1.54, 1.807) is 0 Å². The molecule has 1 amide bonds. The Bertz CT molecular complexity index is 584. The van der Waals surface area contributed by atoms with Gasteiger partial charge in [-0.15, -0.1) is 0 Å². The summed E-state index contributed by atoms with van der Waals surface area (Å²) in [6.07, 6.45) is 2.71. The maximum Gasteiger partial charge on any atom is 0.253 e. The summed E-state index contributed by atoms with van der Waals surface area (Å²) < 4.78 is 0.993. The van der Waals surface area contributed by atoms with Crippen LogP contribution in [0.5, 0.6) is 5.75 Å². The molecule has 0 saturated heterocycles. The summed E-state index contributed by atoms with van der Waals surface area (Å²) in [5, 5.41) is 12.1. The number of pyridine rings is 1. The Morgan fingerprint density at radius 1 is 1.32 bits per heavy atom. The molecule has 1 heterocycles. The lowest BCUT2D eigenvalue weighted by atomic mass is 10.1. The fraction of sp³-hybridized carbons (Fsp3) is 0.143. The standard InChI is InChI=1S/C14H13BrN2O2/c1-9(10-2-4-12(15)5-3-10)17-14(19)11-6-13(18)8-16-7-11/h2-9,18H,1H3,(H,17,19)/t9-/m0/s1. The fourth-order valence-electron chi connectivity index (χ4n) is 1.67. The van der Waals surface area contributed by atoms with Crippen LogP contribution >= 0.6 is 15.9 Å². The topological polar surface area (TPSA) is 62.2 Å². The molecule has 0 spiro atoms. The van der Waals surface area contributed by atoms with E-state index in [2.05, 4.69) is 26.2 Å². The second-order valence-corrected chi connectivity index (χ2v) is 5.09. The van der Waals surface area contributed by atoms with Crippen molar-refractivity contribution in [2.24, 2.45) is 0 Å². The van der Waals surface area contributed by atoms with Crippen LogP contribution in [0.3, 0.4) is 0 Å². The highest BCUT2D eigenvalue weighted by molar-refractivity contribution is 9.10. The zero-order valence-corrected chi connectivity index (χ0v) is 11.9. The Labute approximate surface area is 119 Å². The van der Waals surface area contributed by atoms with Gasteiger partial charge in [0.2, 0.25) is 0 Å². The highest BCUT2D eigenvalue weighted by Crippen LogP contribution is 2.17. The second-order valence-electron chi connectivity index (χ2n) is 4.18. The van der Waals surface area contributed by atoms with Gasteiger partial charge in [0.05, 0.1) is 17.8 Å². The first kappa shape index (κ1) is 13.5. The lowest BCUT2D eigenvalue weighted by molar-refractivity contribution is 0.0939. The number of amides is 1. The molecular weight excluding hydrogens is 308 g/mol. The minimum absolute atomic E-state index is 0.0241. The molecule has 2 rings (SSSR count). The van der Waals surface area contributed by atoms with Crippen LogP contribution in [0.2, 0.25) is 0 Å². The molecular formula is C14H13BrN2O2. The highest BCUT2D eigenvalue weighted by Gasteiger charge is 2.12. The Hall–Kier alpha value is -1.88. The summed E-state index contributed by atoms with van der Waals surface area (Å²) in [5.41, 5.74) is 1.34. The largest absolute Gasteiger partial charge is 0.506 e. The third-order valence-corrected chi connectivity index (χ3v) is 3.23. The zero-order valence-electron chi connectivity index (χ0n) is 10.3.